The van der Waals surface area contributed by atoms with Gasteiger partial charge < -0.3 is 25.0 Å². The average Bonchev–Trinajstić information content (AvgIpc) is 2.81. The van der Waals surface area contributed by atoms with Gasteiger partial charge >= 0.3 is 5.97 Å². The molecular formula is C24H25N3O5. The second-order valence-electron chi connectivity index (χ2n) is 7.99. The molecule has 1 saturated heterocycles. The highest BCUT2D eigenvalue weighted by Crippen LogP contribution is 2.32. The van der Waals surface area contributed by atoms with E-state index < -0.39 is 35.3 Å². The number of carbonyl (C=O) groups excluding carboxylic acids is 1. The molecule has 3 N–H and O–H groups in total. The lowest BCUT2D eigenvalue weighted by atomic mass is 10.00. The molecule has 1 aliphatic rings. The van der Waals surface area contributed by atoms with Crippen LogP contribution < -0.4 is 15.8 Å². The van der Waals surface area contributed by atoms with Crippen LogP contribution in [0.3, 0.4) is 0 Å². The van der Waals surface area contributed by atoms with Crippen molar-refractivity contribution in [3.05, 3.63) is 58.4 Å². The molecule has 1 aliphatic heterocycles. The van der Waals surface area contributed by atoms with Gasteiger partial charge in [0.2, 0.25) is 0 Å². The van der Waals surface area contributed by atoms with Crippen LogP contribution in [0.15, 0.2) is 47.3 Å². The maximum atomic E-state index is 12.7. The zero-order valence-electron chi connectivity index (χ0n) is 17.8. The Balaban J connectivity index is 1.78. The van der Waals surface area contributed by atoms with Gasteiger partial charge in [-0.2, -0.15) is 0 Å². The van der Waals surface area contributed by atoms with Crippen LogP contribution in [0.1, 0.15) is 29.6 Å². The highest BCUT2D eigenvalue weighted by Gasteiger charge is 2.22. The number of pyridine rings is 1. The zero-order valence-corrected chi connectivity index (χ0v) is 17.8. The summed E-state index contributed by atoms with van der Waals surface area (Å²) in [7, 11) is 1.51. The van der Waals surface area contributed by atoms with Crippen LogP contribution in [0, 0.1) is 0 Å². The summed E-state index contributed by atoms with van der Waals surface area (Å²) in [4.78, 5) is 38.2. The van der Waals surface area contributed by atoms with Gasteiger partial charge in [-0.3, -0.25) is 14.4 Å². The molecule has 3 aromatic rings. The minimum Gasteiger partial charge on any atom is -0.506 e. The summed E-state index contributed by atoms with van der Waals surface area (Å²) >= 11 is 0. The van der Waals surface area contributed by atoms with Crippen LogP contribution >= 0.6 is 0 Å². The van der Waals surface area contributed by atoms with Crippen LogP contribution in [0.5, 0.6) is 5.75 Å². The number of aromatic hydroxyl groups is 1. The number of aryl methyl sites for hydroxylation is 1. The van der Waals surface area contributed by atoms with Crippen molar-refractivity contribution in [2.24, 2.45) is 7.05 Å². The summed E-state index contributed by atoms with van der Waals surface area (Å²) in [5.74, 6) is -2.63. The molecule has 32 heavy (non-hydrogen) atoms. The average molecular weight is 435 g/mol. The van der Waals surface area contributed by atoms with Gasteiger partial charge in [0.25, 0.3) is 11.5 Å². The minimum atomic E-state index is -1.24. The van der Waals surface area contributed by atoms with E-state index in [-0.39, 0.29) is 0 Å². The van der Waals surface area contributed by atoms with Gasteiger partial charge in [-0.15, -0.1) is 0 Å². The van der Waals surface area contributed by atoms with Crippen molar-refractivity contribution in [2.75, 3.05) is 24.5 Å². The van der Waals surface area contributed by atoms with Gasteiger partial charge in [0.05, 0.1) is 5.52 Å². The first kappa shape index (κ1) is 21.4. The number of carboxylic acid groups (broad SMARTS) is 1. The lowest BCUT2D eigenvalue weighted by Gasteiger charge is -2.29. The van der Waals surface area contributed by atoms with Gasteiger partial charge in [-0.1, -0.05) is 18.2 Å². The highest BCUT2D eigenvalue weighted by molar-refractivity contribution is 6.03. The summed E-state index contributed by atoms with van der Waals surface area (Å²) in [6.45, 7) is 1.40. The fraction of sp³-hybridized carbons (Fsp3) is 0.292. The predicted octanol–water partition coefficient (Wildman–Crippen LogP) is 2.72. The molecular weight excluding hydrogens is 410 g/mol. The summed E-state index contributed by atoms with van der Waals surface area (Å²) in [6, 6.07) is 13.5. The van der Waals surface area contributed by atoms with Crippen molar-refractivity contribution in [2.45, 2.75) is 19.3 Å². The summed E-state index contributed by atoms with van der Waals surface area (Å²) in [5, 5.41) is 22.1. The molecule has 4 rings (SSSR count). The molecule has 2 aromatic carbocycles. The van der Waals surface area contributed by atoms with Gasteiger partial charge in [0, 0.05) is 31.2 Å². The monoisotopic (exact) mass is 435 g/mol. The van der Waals surface area contributed by atoms with E-state index in [9.17, 15) is 19.5 Å². The number of fused-ring (bicyclic) bond motifs is 1. The molecule has 1 amide bonds. The number of carboxylic acids is 1. The topological polar surface area (TPSA) is 112 Å². The number of aromatic nitrogens is 1. The fourth-order valence-corrected chi connectivity index (χ4v) is 4.19. The fourth-order valence-electron chi connectivity index (χ4n) is 4.19. The van der Waals surface area contributed by atoms with Crippen molar-refractivity contribution in [1.82, 2.24) is 9.88 Å². The van der Waals surface area contributed by atoms with Crippen LogP contribution in [0.2, 0.25) is 0 Å². The number of benzene rings is 2. The van der Waals surface area contributed by atoms with Gasteiger partial charge in [-0.05, 0) is 54.7 Å². The number of rotatable bonds is 5. The zero-order chi connectivity index (χ0) is 22.8. The quantitative estimate of drug-likeness (QED) is 0.568. The van der Waals surface area contributed by atoms with E-state index in [0.29, 0.717) is 10.9 Å². The van der Waals surface area contributed by atoms with E-state index in [1.54, 1.807) is 12.1 Å². The number of amides is 1. The van der Waals surface area contributed by atoms with Gasteiger partial charge in [0.1, 0.15) is 17.9 Å². The van der Waals surface area contributed by atoms with Crippen LogP contribution in [-0.2, 0) is 11.8 Å². The third kappa shape index (κ3) is 4.03. The molecule has 2 heterocycles. The van der Waals surface area contributed by atoms with Crippen molar-refractivity contribution in [1.29, 1.82) is 0 Å². The van der Waals surface area contributed by atoms with E-state index in [1.165, 1.54) is 30.9 Å². The third-order valence-electron chi connectivity index (χ3n) is 5.90. The molecule has 8 nitrogen and oxygen atoms in total. The molecule has 1 aromatic heterocycles. The predicted molar refractivity (Wildman–Crippen MR) is 122 cm³/mol. The van der Waals surface area contributed by atoms with Crippen LogP contribution in [0.4, 0.5) is 5.69 Å². The summed E-state index contributed by atoms with van der Waals surface area (Å²) in [5.41, 5.74) is 2.24. The van der Waals surface area contributed by atoms with Crippen LogP contribution in [0.25, 0.3) is 22.0 Å². The number of piperidine rings is 1. The first-order chi connectivity index (χ1) is 15.4. The highest BCUT2D eigenvalue weighted by atomic mass is 16.4. The number of hydrogen-bond acceptors (Lipinski definition) is 5. The molecule has 0 unspecified atom stereocenters. The molecule has 1 fully saturated rings. The Morgan fingerprint density at radius 2 is 1.75 bits per heavy atom. The lowest BCUT2D eigenvalue weighted by Crippen LogP contribution is -2.35. The first-order valence-electron chi connectivity index (χ1n) is 10.6. The maximum absolute atomic E-state index is 12.7. The number of nitrogens with one attached hydrogen (secondary N) is 1. The second-order valence-corrected chi connectivity index (χ2v) is 7.99. The van der Waals surface area contributed by atoms with Gasteiger partial charge in [0.15, 0.2) is 0 Å². The molecule has 0 atom stereocenters. The molecule has 0 radical (unpaired) electrons. The Labute approximate surface area is 184 Å². The van der Waals surface area contributed by atoms with Crippen molar-refractivity contribution < 1.29 is 19.8 Å². The van der Waals surface area contributed by atoms with E-state index in [4.69, 9.17) is 5.11 Å². The summed E-state index contributed by atoms with van der Waals surface area (Å²) < 4.78 is 1.28. The lowest BCUT2D eigenvalue weighted by molar-refractivity contribution is -0.135. The van der Waals surface area contributed by atoms with Crippen molar-refractivity contribution in [3.8, 4) is 16.9 Å². The number of carbonyl (C=O) groups is 2. The molecule has 8 heteroatoms. The van der Waals surface area contributed by atoms with Crippen LogP contribution in [-0.4, -0.2) is 46.3 Å². The molecule has 0 bridgehead atoms. The number of hydrogen-bond donors (Lipinski definition) is 3. The van der Waals surface area contributed by atoms with E-state index in [0.717, 1.165) is 29.9 Å². The normalized spacial score (nSPS) is 13.8. The van der Waals surface area contributed by atoms with E-state index in [1.807, 2.05) is 18.2 Å². The Hall–Kier alpha value is -3.81. The Kier molecular flexibility index (Phi) is 5.85. The number of nitrogens with zero attached hydrogens (tertiary/aromatic N) is 2. The third-order valence-corrected chi connectivity index (χ3v) is 5.90. The molecule has 0 aliphatic carbocycles. The largest absolute Gasteiger partial charge is 0.506 e. The standard InChI is InChI=1S/C24H25N3O5/c1-26-19-9-8-16(15-6-5-7-17(12-15)27-10-3-2-4-11-27)13-18(19)22(30)21(24(26)32)23(31)25-14-20(28)29/h5-9,12-13,30H,2-4,10-11,14H2,1H3,(H,25,31)(H,28,29). The minimum absolute atomic E-state index is 0.341. The number of anilines is 1. The SMILES string of the molecule is Cn1c(=O)c(C(=O)NCC(=O)O)c(O)c2cc(-c3cccc(N4CCCCC4)c3)ccc21. The van der Waals surface area contributed by atoms with Crippen molar-refractivity contribution >= 4 is 28.5 Å². The smallest absolute Gasteiger partial charge is 0.322 e. The Morgan fingerprint density at radius 1 is 1.03 bits per heavy atom. The second kappa shape index (κ2) is 8.74. The first-order valence-corrected chi connectivity index (χ1v) is 10.6. The maximum Gasteiger partial charge on any atom is 0.322 e. The molecule has 0 saturated carbocycles. The van der Waals surface area contributed by atoms with E-state index >= 15 is 0 Å². The Morgan fingerprint density at radius 3 is 2.47 bits per heavy atom. The molecule has 166 valence electrons. The van der Waals surface area contributed by atoms with Gasteiger partial charge in [-0.25, -0.2) is 0 Å². The van der Waals surface area contributed by atoms with E-state index in [2.05, 4.69) is 22.3 Å². The Bertz CT molecular complexity index is 1260. The van der Waals surface area contributed by atoms with Crippen molar-refractivity contribution in [3.63, 3.8) is 0 Å². The molecule has 0 spiro atoms. The number of aliphatic carboxylic acids is 1. The summed E-state index contributed by atoms with van der Waals surface area (Å²) in [6.07, 6.45) is 3.60.